The minimum Gasteiger partial charge on any atom is -0.361 e. The number of nitrogens with zero attached hydrogens (tertiary/aromatic N) is 3. The molecule has 0 radical (unpaired) electrons. The van der Waals surface area contributed by atoms with Crippen LogP contribution in [0.15, 0.2) is 72.1 Å². The lowest BCUT2D eigenvalue weighted by atomic mass is 10.1. The van der Waals surface area contributed by atoms with E-state index >= 15 is 0 Å². The maximum atomic E-state index is 4.38. The zero-order valence-electron chi connectivity index (χ0n) is 17.5. The van der Waals surface area contributed by atoms with Gasteiger partial charge in [0.05, 0.1) is 6.54 Å². The van der Waals surface area contributed by atoms with Gasteiger partial charge >= 0.3 is 0 Å². The number of hydrogen-bond acceptors (Lipinski definition) is 2. The number of nitrogens with one attached hydrogen (secondary N) is 3. The third-order valence-corrected chi connectivity index (χ3v) is 5.36. The van der Waals surface area contributed by atoms with Gasteiger partial charge in [0.1, 0.15) is 0 Å². The minimum absolute atomic E-state index is 0.712. The Morgan fingerprint density at radius 2 is 1.90 bits per heavy atom. The molecule has 0 saturated heterocycles. The van der Waals surface area contributed by atoms with E-state index in [-0.39, 0.29) is 0 Å². The lowest BCUT2D eigenvalue weighted by Crippen LogP contribution is -2.38. The van der Waals surface area contributed by atoms with Gasteiger partial charge < -0.3 is 15.6 Å². The SMILES string of the molecule is CN=C(NCCc1c[nH]c2cccc(C)c12)NCc1ccccc1Cn1cccn1. The Hall–Kier alpha value is -3.54. The molecule has 4 rings (SSSR count). The second-order valence-corrected chi connectivity index (χ2v) is 7.39. The Balaban J connectivity index is 1.33. The van der Waals surface area contributed by atoms with Crippen LogP contribution in [-0.4, -0.2) is 34.3 Å². The van der Waals surface area contributed by atoms with Crippen molar-refractivity contribution in [3.63, 3.8) is 0 Å². The third kappa shape index (κ3) is 4.54. The first-order chi connectivity index (χ1) is 14.7. The summed E-state index contributed by atoms with van der Waals surface area (Å²) in [4.78, 5) is 7.75. The summed E-state index contributed by atoms with van der Waals surface area (Å²) < 4.78 is 1.94. The molecule has 0 spiro atoms. The molecule has 0 saturated carbocycles. The average Bonchev–Trinajstić information content (AvgIpc) is 3.42. The third-order valence-electron chi connectivity index (χ3n) is 5.36. The van der Waals surface area contributed by atoms with Crippen LogP contribution < -0.4 is 10.6 Å². The van der Waals surface area contributed by atoms with Crippen molar-refractivity contribution < 1.29 is 0 Å². The molecule has 0 amide bonds. The van der Waals surface area contributed by atoms with Crippen molar-refractivity contribution in [2.24, 2.45) is 4.99 Å². The summed E-state index contributed by atoms with van der Waals surface area (Å²) in [6, 6.07) is 16.8. The summed E-state index contributed by atoms with van der Waals surface area (Å²) in [5, 5.41) is 12.5. The number of aromatic amines is 1. The van der Waals surface area contributed by atoms with Gasteiger partial charge in [-0.2, -0.15) is 5.10 Å². The lowest BCUT2D eigenvalue weighted by Gasteiger charge is -2.14. The van der Waals surface area contributed by atoms with Crippen molar-refractivity contribution in [2.75, 3.05) is 13.6 Å². The molecule has 3 N–H and O–H groups in total. The topological polar surface area (TPSA) is 70.0 Å². The van der Waals surface area contributed by atoms with Crippen molar-refractivity contribution in [2.45, 2.75) is 26.4 Å². The molecule has 0 aliphatic carbocycles. The maximum absolute atomic E-state index is 4.38. The first kappa shape index (κ1) is 19.8. The molecule has 0 aliphatic heterocycles. The molecule has 0 aliphatic rings. The second-order valence-electron chi connectivity index (χ2n) is 7.39. The van der Waals surface area contributed by atoms with Crippen LogP contribution >= 0.6 is 0 Å². The standard InChI is InChI=1S/C24H28N6/c1-18-7-5-10-22-23(18)20(16-27-22)11-13-26-24(25-2)28-15-19-8-3-4-9-21(19)17-30-14-6-12-29-30/h3-10,12,14,16,27H,11,13,15,17H2,1-2H3,(H2,25,26,28). The molecule has 4 aromatic rings. The summed E-state index contributed by atoms with van der Waals surface area (Å²) in [5.41, 5.74) is 6.32. The quantitative estimate of drug-likeness (QED) is 0.328. The van der Waals surface area contributed by atoms with Gasteiger partial charge in [-0.1, -0.05) is 36.4 Å². The number of benzene rings is 2. The molecule has 2 aromatic carbocycles. The predicted octanol–water partition coefficient (Wildman–Crippen LogP) is 3.63. The van der Waals surface area contributed by atoms with Crippen LogP contribution in [0.4, 0.5) is 0 Å². The Kier molecular flexibility index (Phi) is 6.13. The van der Waals surface area contributed by atoms with Gasteiger partial charge in [0.25, 0.3) is 0 Å². The summed E-state index contributed by atoms with van der Waals surface area (Å²) in [7, 11) is 1.81. The highest BCUT2D eigenvalue weighted by atomic mass is 15.3. The number of fused-ring (bicyclic) bond motifs is 1. The van der Waals surface area contributed by atoms with Crippen LogP contribution in [0.1, 0.15) is 22.3 Å². The monoisotopic (exact) mass is 400 g/mol. The molecule has 0 unspecified atom stereocenters. The van der Waals surface area contributed by atoms with Crippen LogP contribution in [0.25, 0.3) is 10.9 Å². The van der Waals surface area contributed by atoms with E-state index in [1.54, 1.807) is 7.05 Å². The summed E-state index contributed by atoms with van der Waals surface area (Å²) in [6.07, 6.45) is 6.83. The van der Waals surface area contributed by atoms with E-state index < -0.39 is 0 Å². The highest BCUT2D eigenvalue weighted by Crippen LogP contribution is 2.22. The van der Waals surface area contributed by atoms with Crippen molar-refractivity contribution >= 4 is 16.9 Å². The van der Waals surface area contributed by atoms with E-state index in [0.717, 1.165) is 25.5 Å². The second kappa shape index (κ2) is 9.31. The van der Waals surface area contributed by atoms with Crippen molar-refractivity contribution in [3.05, 3.63) is 89.4 Å². The van der Waals surface area contributed by atoms with E-state index in [4.69, 9.17) is 0 Å². The van der Waals surface area contributed by atoms with E-state index in [2.05, 4.69) is 81.3 Å². The zero-order chi connectivity index (χ0) is 20.8. The van der Waals surface area contributed by atoms with Gasteiger partial charge in [0.15, 0.2) is 5.96 Å². The molecule has 30 heavy (non-hydrogen) atoms. The first-order valence-corrected chi connectivity index (χ1v) is 10.3. The molecule has 0 atom stereocenters. The fraction of sp³-hybridized carbons (Fsp3) is 0.250. The number of rotatable bonds is 7. The molecule has 6 nitrogen and oxygen atoms in total. The molecule has 6 heteroatoms. The molecule has 0 bridgehead atoms. The summed E-state index contributed by atoms with van der Waals surface area (Å²) in [6.45, 7) is 4.45. The van der Waals surface area contributed by atoms with Crippen LogP contribution in [-0.2, 0) is 19.5 Å². The molecule has 0 fully saturated rings. The Bertz CT molecular complexity index is 1120. The molecular weight excluding hydrogens is 372 g/mol. The largest absolute Gasteiger partial charge is 0.361 e. The van der Waals surface area contributed by atoms with Gasteiger partial charge in [0, 0.05) is 49.6 Å². The van der Waals surface area contributed by atoms with Gasteiger partial charge in [-0.25, -0.2) is 0 Å². The van der Waals surface area contributed by atoms with Crippen LogP contribution in [0.2, 0.25) is 0 Å². The Labute approximate surface area is 177 Å². The van der Waals surface area contributed by atoms with E-state index in [1.807, 2.05) is 23.1 Å². The average molecular weight is 401 g/mol. The van der Waals surface area contributed by atoms with E-state index in [1.165, 1.54) is 33.2 Å². The normalized spacial score (nSPS) is 11.7. The first-order valence-electron chi connectivity index (χ1n) is 10.3. The van der Waals surface area contributed by atoms with Crippen LogP contribution in [0.3, 0.4) is 0 Å². The molecule has 154 valence electrons. The van der Waals surface area contributed by atoms with Crippen molar-refractivity contribution in [1.29, 1.82) is 0 Å². The van der Waals surface area contributed by atoms with Crippen LogP contribution in [0.5, 0.6) is 0 Å². The van der Waals surface area contributed by atoms with Gasteiger partial charge in [0.2, 0.25) is 0 Å². The summed E-state index contributed by atoms with van der Waals surface area (Å²) >= 11 is 0. The fourth-order valence-electron chi connectivity index (χ4n) is 3.82. The fourth-order valence-corrected chi connectivity index (χ4v) is 3.82. The summed E-state index contributed by atoms with van der Waals surface area (Å²) in [5.74, 6) is 0.806. The van der Waals surface area contributed by atoms with Crippen LogP contribution in [0, 0.1) is 6.92 Å². The number of hydrogen-bond donors (Lipinski definition) is 3. The highest BCUT2D eigenvalue weighted by molar-refractivity contribution is 5.86. The number of aliphatic imine (C=N–C) groups is 1. The smallest absolute Gasteiger partial charge is 0.191 e. The molecule has 2 heterocycles. The molecular formula is C24H28N6. The maximum Gasteiger partial charge on any atom is 0.191 e. The number of guanidine groups is 1. The van der Waals surface area contributed by atoms with Crippen molar-refractivity contribution in [3.8, 4) is 0 Å². The van der Waals surface area contributed by atoms with Gasteiger partial charge in [-0.05, 0) is 47.7 Å². The highest BCUT2D eigenvalue weighted by Gasteiger charge is 2.07. The minimum atomic E-state index is 0.712. The predicted molar refractivity (Wildman–Crippen MR) is 123 cm³/mol. The van der Waals surface area contributed by atoms with E-state index in [0.29, 0.717) is 6.54 Å². The number of aryl methyl sites for hydroxylation is 1. The van der Waals surface area contributed by atoms with Gasteiger partial charge in [-0.15, -0.1) is 0 Å². The van der Waals surface area contributed by atoms with Crippen molar-refractivity contribution in [1.82, 2.24) is 25.4 Å². The van der Waals surface area contributed by atoms with Gasteiger partial charge in [-0.3, -0.25) is 9.67 Å². The zero-order valence-corrected chi connectivity index (χ0v) is 17.5. The number of H-pyrrole nitrogens is 1. The lowest BCUT2D eigenvalue weighted by molar-refractivity contribution is 0.677. The van der Waals surface area contributed by atoms with E-state index in [9.17, 15) is 0 Å². The Morgan fingerprint density at radius 3 is 2.70 bits per heavy atom. The number of aromatic nitrogens is 3. The Morgan fingerprint density at radius 1 is 1.03 bits per heavy atom. The molecule has 2 aromatic heterocycles.